The third kappa shape index (κ3) is 7.14. The summed E-state index contributed by atoms with van der Waals surface area (Å²) >= 11 is 0. The van der Waals surface area contributed by atoms with Crippen molar-refractivity contribution in [2.24, 2.45) is 0 Å². The molecule has 1 aromatic carbocycles. The fourth-order valence-corrected chi connectivity index (χ4v) is 1.70. The van der Waals surface area contributed by atoms with Gasteiger partial charge in [0.1, 0.15) is 0 Å². The van der Waals surface area contributed by atoms with Crippen molar-refractivity contribution in [1.82, 2.24) is 0 Å². The summed E-state index contributed by atoms with van der Waals surface area (Å²) in [6, 6.07) is 10.5. The van der Waals surface area contributed by atoms with Crippen LogP contribution >= 0.6 is 0 Å². The molecule has 1 rings (SSSR count). The molecule has 0 aliphatic carbocycles. The van der Waals surface area contributed by atoms with Crippen molar-refractivity contribution in [3.63, 3.8) is 0 Å². The van der Waals surface area contributed by atoms with Gasteiger partial charge >= 0.3 is 0 Å². The van der Waals surface area contributed by atoms with Crippen LogP contribution in [-0.4, -0.2) is 18.5 Å². The Labute approximate surface area is 105 Å². The zero-order chi connectivity index (χ0) is 12.7. The van der Waals surface area contributed by atoms with Crippen LogP contribution in [0.3, 0.4) is 0 Å². The molecule has 0 bridgehead atoms. The van der Waals surface area contributed by atoms with Crippen molar-refractivity contribution < 1.29 is 9.47 Å². The van der Waals surface area contributed by atoms with Crippen LogP contribution in [0.25, 0.3) is 0 Å². The number of hydrogen-bond acceptors (Lipinski definition) is 2. The van der Waals surface area contributed by atoms with Crippen molar-refractivity contribution in [2.45, 2.75) is 52.4 Å². The number of ether oxygens (including phenoxy) is 2. The van der Waals surface area contributed by atoms with Gasteiger partial charge in [0.15, 0.2) is 6.29 Å². The molecule has 1 unspecified atom stereocenters. The largest absolute Gasteiger partial charge is 0.353 e. The number of hydrogen-bond donors (Lipinski definition) is 0. The van der Waals surface area contributed by atoms with Gasteiger partial charge in [-0.2, -0.15) is 0 Å². The topological polar surface area (TPSA) is 18.5 Å². The Morgan fingerprint density at radius 1 is 1.12 bits per heavy atom. The van der Waals surface area contributed by atoms with E-state index in [9.17, 15) is 0 Å². The van der Waals surface area contributed by atoms with Crippen LogP contribution in [0, 0.1) is 0 Å². The lowest BCUT2D eigenvalue weighted by molar-refractivity contribution is -0.185. The van der Waals surface area contributed by atoms with Crippen LogP contribution in [0.15, 0.2) is 30.3 Å². The maximum absolute atomic E-state index is 5.67. The van der Waals surface area contributed by atoms with Crippen molar-refractivity contribution in [3.05, 3.63) is 35.9 Å². The highest BCUT2D eigenvalue weighted by Gasteiger charge is 2.14. The molecule has 0 saturated heterocycles. The summed E-state index contributed by atoms with van der Waals surface area (Å²) in [5.41, 5.74) is 1.22. The highest BCUT2D eigenvalue weighted by atomic mass is 16.7. The highest BCUT2D eigenvalue weighted by Crippen LogP contribution is 2.11. The Balaban J connectivity index is 2.12. The summed E-state index contributed by atoms with van der Waals surface area (Å²) in [6.07, 6.45) is 1.95. The zero-order valence-electron chi connectivity index (χ0n) is 11.4. The quantitative estimate of drug-likeness (QED) is 0.552. The summed E-state index contributed by atoms with van der Waals surface area (Å²) in [4.78, 5) is 0. The molecule has 2 heteroatoms. The maximum atomic E-state index is 5.67. The van der Waals surface area contributed by atoms with E-state index >= 15 is 0 Å². The molecule has 1 aromatic rings. The first kappa shape index (κ1) is 14.2. The molecule has 17 heavy (non-hydrogen) atoms. The van der Waals surface area contributed by atoms with Crippen LogP contribution in [-0.2, 0) is 15.9 Å². The van der Waals surface area contributed by atoms with E-state index in [1.807, 2.05) is 33.8 Å². The van der Waals surface area contributed by atoms with Gasteiger partial charge in [0.05, 0.1) is 12.2 Å². The van der Waals surface area contributed by atoms with Crippen molar-refractivity contribution >= 4 is 0 Å². The molecule has 0 spiro atoms. The van der Waals surface area contributed by atoms with Crippen LogP contribution < -0.4 is 0 Å². The third-order valence-electron chi connectivity index (χ3n) is 2.32. The summed E-state index contributed by atoms with van der Waals surface area (Å²) in [7, 11) is 0. The summed E-state index contributed by atoms with van der Waals surface area (Å²) in [5.74, 6) is 0. The zero-order valence-corrected chi connectivity index (χ0v) is 11.4. The molecule has 0 amide bonds. The van der Waals surface area contributed by atoms with Gasteiger partial charge in [-0.3, -0.25) is 0 Å². The minimum atomic E-state index is -0.140. The summed E-state index contributed by atoms with van der Waals surface area (Å²) < 4.78 is 11.3. The second kappa shape index (κ2) is 6.77. The molecular weight excluding hydrogens is 212 g/mol. The molecule has 2 nitrogen and oxygen atoms in total. The average molecular weight is 236 g/mol. The average Bonchev–Trinajstić information content (AvgIpc) is 2.23. The third-order valence-corrected chi connectivity index (χ3v) is 2.32. The highest BCUT2D eigenvalue weighted by molar-refractivity contribution is 5.14. The Hall–Kier alpha value is -0.860. The molecule has 0 N–H and O–H groups in total. The van der Waals surface area contributed by atoms with Gasteiger partial charge in [-0.25, -0.2) is 0 Å². The Kier molecular flexibility index (Phi) is 5.66. The molecule has 1 atom stereocenters. The van der Waals surface area contributed by atoms with E-state index < -0.39 is 0 Å². The molecule has 0 aliphatic rings. The predicted molar refractivity (Wildman–Crippen MR) is 71.0 cm³/mol. The van der Waals surface area contributed by atoms with Gasteiger partial charge in [-0.1, -0.05) is 30.3 Å². The first-order valence-corrected chi connectivity index (χ1v) is 6.31. The SMILES string of the molecule is CC(OCCCc1ccccc1)OC(C)(C)C. The number of benzene rings is 1. The second-order valence-electron chi connectivity index (χ2n) is 5.26. The molecule has 0 radical (unpaired) electrons. The van der Waals surface area contributed by atoms with Gasteiger partial charge in [0.25, 0.3) is 0 Å². The minimum absolute atomic E-state index is 0.134. The first-order chi connectivity index (χ1) is 7.97. The van der Waals surface area contributed by atoms with Crippen molar-refractivity contribution in [3.8, 4) is 0 Å². The van der Waals surface area contributed by atoms with E-state index in [4.69, 9.17) is 9.47 Å². The smallest absolute Gasteiger partial charge is 0.155 e. The fourth-order valence-electron chi connectivity index (χ4n) is 1.70. The summed E-state index contributed by atoms with van der Waals surface area (Å²) in [6.45, 7) is 8.81. The lowest BCUT2D eigenvalue weighted by Gasteiger charge is -2.24. The number of aryl methyl sites for hydroxylation is 1. The van der Waals surface area contributed by atoms with E-state index in [0.29, 0.717) is 0 Å². The summed E-state index contributed by atoms with van der Waals surface area (Å²) in [5, 5.41) is 0. The predicted octanol–water partition coefficient (Wildman–Crippen LogP) is 3.80. The van der Waals surface area contributed by atoms with Crippen LogP contribution in [0.1, 0.15) is 39.7 Å². The molecule has 0 aromatic heterocycles. The molecule has 0 heterocycles. The van der Waals surface area contributed by atoms with Crippen LogP contribution in [0.5, 0.6) is 0 Å². The van der Waals surface area contributed by atoms with Gasteiger partial charge < -0.3 is 9.47 Å². The standard InChI is InChI=1S/C15H24O2/c1-13(17-15(2,3)4)16-12-8-11-14-9-6-5-7-10-14/h5-7,9-10,13H,8,11-12H2,1-4H3. The van der Waals surface area contributed by atoms with Crippen molar-refractivity contribution in [2.75, 3.05) is 6.61 Å². The van der Waals surface area contributed by atoms with E-state index in [1.54, 1.807) is 0 Å². The van der Waals surface area contributed by atoms with Crippen LogP contribution in [0.4, 0.5) is 0 Å². The maximum Gasteiger partial charge on any atom is 0.155 e. The van der Waals surface area contributed by atoms with Gasteiger partial charge in [0, 0.05) is 0 Å². The lowest BCUT2D eigenvalue weighted by atomic mass is 10.1. The molecular formula is C15H24O2. The molecule has 96 valence electrons. The first-order valence-electron chi connectivity index (χ1n) is 6.31. The van der Waals surface area contributed by atoms with E-state index in [-0.39, 0.29) is 11.9 Å². The van der Waals surface area contributed by atoms with Crippen molar-refractivity contribution in [1.29, 1.82) is 0 Å². The Bertz CT molecular complexity index is 300. The van der Waals surface area contributed by atoms with Gasteiger partial charge in [-0.15, -0.1) is 0 Å². The van der Waals surface area contributed by atoms with Gasteiger partial charge in [-0.05, 0) is 46.1 Å². The van der Waals surface area contributed by atoms with Gasteiger partial charge in [0.2, 0.25) is 0 Å². The number of rotatable bonds is 6. The molecule has 0 aliphatic heterocycles. The monoisotopic (exact) mass is 236 g/mol. The second-order valence-corrected chi connectivity index (χ2v) is 5.26. The lowest BCUT2D eigenvalue weighted by Crippen LogP contribution is -2.27. The van der Waals surface area contributed by atoms with E-state index in [1.165, 1.54) is 5.56 Å². The van der Waals surface area contributed by atoms with E-state index in [2.05, 4.69) is 24.3 Å². The van der Waals surface area contributed by atoms with E-state index in [0.717, 1.165) is 19.4 Å². The minimum Gasteiger partial charge on any atom is -0.353 e. The normalized spacial score (nSPS) is 13.6. The molecule has 0 fully saturated rings. The Morgan fingerprint density at radius 2 is 1.76 bits per heavy atom. The van der Waals surface area contributed by atoms with Crippen LogP contribution in [0.2, 0.25) is 0 Å². The Morgan fingerprint density at radius 3 is 2.35 bits per heavy atom. The fraction of sp³-hybridized carbons (Fsp3) is 0.600. The molecule has 0 saturated carbocycles.